The molecule has 2 aliphatic rings. The highest BCUT2D eigenvalue weighted by Gasteiger charge is 2.34. The highest BCUT2D eigenvalue weighted by molar-refractivity contribution is 6.21. The molecule has 0 saturated carbocycles. The van der Waals surface area contributed by atoms with Crippen molar-refractivity contribution in [3.63, 3.8) is 0 Å². The van der Waals surface area contributed by atoms with Crippen molar-refractivity contribution in [1.29, 1.82) is 0 Å². The summed E-state index contributed by atoms with van der Waals surface area (Å²) in [5.74, 6) is 1.04. The van der Waals surface area contributed by atoms with E-state index >= 15 is 0 Å². The van der Waals surface area contributed by atoms with Gasteiger partial charge in [-0.2, -0.15) is 0 Å². The number of epoxide rings is 1. The second kappa shape index (κ2) is 7.17. The minimum atomic E-state index is -0.230. The van der Waals surface area contributed by atoms with Crippen molar-refractivity contribution in [1.82, 2.24) is 4.90 Å². The SMILES string of the molecule is O=C1c2ccccc2C(=O)N1CCCOc1ccc(OCC2CO2)cc1. The number of imide groups is 1. The lowest BCUT2D eigenvalue weighted by molar-refractivity contribution is 0.0646. The van der Waals surface area contributed by atoms with Crippen molar-refractivity contribution in [2.24, 2.45) is 0 Å². The molecule has 0 bridgehead atoms. The van der Waals surface area contributed by atoms with Crippen LogP contribution in [0.1, 0.15) is 27.1 Å². The molecular weight excluding hydrogens is 334 g/mol. The van der Waals surface area contributed by atoms with Crippen LogP contribution in [0.5, 0.6) is 11.5 Å². The van der Waals surface area contributed by atoms with Crippen LogP contribution >= 0.6 is 0 Å². The zero-order valence-corrected chi connectivity index (χ0v) is 14.2. The van der Waals surface area contributed by atoms with Gasteiger partial charge in [0, 0.05) is 6.54 Å². The van der Waals surface area contributed by atoms with Crippen molar-refractivity contribution >= 4 is 11.8 Å². The molecule has 0 spiro atoms. The van der Waals surface area contributed by atoms with E-state index in [1.54, 1.807) is 24.3 Å². The summed E-state index contributed by atoms with van der Waals surface area (Å²) in [4.78, 5) is 25.8. The number of fused-ring (bicyclic) bond motifs is 1. The molecule has 0 radical (unpaired) electrons. The molecule has 1 unspecified atom stereocenters. The molecule has 0 aromatic heterocycles. The van der Waals surface area contributed by atoms with Crippen molar-refractivity contribution in [3.8, 4) is 11.5 Å². The average Bonchev–Trinajstić information content (AvgIpc) is 3.47. The molecule has 2 aromatic rings. The van der Waals surface area contributed by atoms with E-state index in [0.717, 1.165) is 18.1 Å². The van der Waals surface area contributed by atoms with Crippen molar-refractivity contribution < 1.29 is 23.8 Å². The Bertz CT molecular complexity index is 778. The van der Waals surface area contributed by atoms with E-state index < -0.39 is 0 Å². The smallest absolute Gasteiger partial charge is 0.261 e. The van der Waals surface area contributed by atoms with Gasteiger partial charge in [0.05, 0.1) is 24.3 Å². The molecule has 2 amide bonds. The molecule has 0 N–H and O–H groups in total. The fourth-order valence-corrected chi connectivity index (χ4v) is 2.84. The van der Waals surface area contributed by atoms with Crippen molar-refractivity contribution in [3.05, 3.63) is 59.7 Å². The molecule has 0 aliphatic carbocycles. The van der Waals surface area contributed by atoms with E-state index in [0.29, 0.717) is 37.3 Å². The summed E-state index contributed by atoms with van der Waals surface area (Å²) in [5, 5.41) is 0. The standard InChI is InChI=1S/C20H19NO5/c22-19-17-4-1-2-5-18(17)20(23)21(19)10-3-11-24-14-6-8-15(9-7-14)25-12-16-13-26-16/h1-2,4-9,16H,3,10-13H2. The normalized spacial score (nSPS) is 18.0. The van der Waals surface area contributed by atoms with Crippen LogP contribution in [0.25, 0.3) is 0 Å². The van der Waals surface area contributed by atoms with Crippen LogP contribution in [0.15, 0.2) is 48.5 Å². The van der Waals surface area contributed by atoms with Crippen LogP contribution in [0.3, 0.4) is 0 Å². The fourth-order valence-electron chi connectivity index (χ4n) is 2.84. The van der Waals surface area contributed by atoms with Gasteiger partial charge in [-0.25, -0.2) is 0 Å². The van der Waals surface area contributed by atoms with E-state index in [9.17, 15) is 9.59 Å². The minimum Gasteiger partial charge on any atom is -0.494 e. The van der Waals surface area contributed by atoms with Crippen LogP contribution in [0.2, 0.25) is 0 Å². The van der Waals surface area contributed by atoms with E-state index in [4.69, 9.17) is 14.2 Å². The first-order valence-electron chi connectivity index (χ1n) is 8.65. The lowest BCUT2D eigenvalue weighted by Gasteiger charge is -2.14. The molecule has 6 heteroatoms. The Morgan fingerprint density at radius 3 is 2.08 bits per heavy atom. The molecular formula is C20H19NO5. The zero-order valence-electron chi connectivity index (χ0n) is 14.2. The molecule has 2 heterocycles. The third-order valence-electron chi connectivity index (χ3n) is 4.33. The van der Waals surface area contributed by atoms with Crippen LogP contribution < -0.4 is 9.47 Å². The van der Waals surface area contributed by atoms with Gasteiger partial charge in [-0.1, -0.05) is 12.1 Å². The number of carbonyl (C=O) groups excluding carboxylic acids is 2. The van der Waals surface area contributed by atoms with Crippen LogP contribution in [0, 0.1) is 0 Å². The maximum Gasteiger partial charge on any atom is 0.261 e. The summed E-state index contributed by atoms with van der Waals surface area (Å²) in [6.45, 7) is 2.10. The molecule has 1 fully saturated rings. The summed E-state index contributed by atoms with van der Waals surface area (Å²) in [6, 6.07) is 14.3. The largest absolute Gasteiger partial charge is 0.494 e. The summed E-state index contributed by atoms with van der Waals surface area (Å²) in [5.41, 5.74) is 0.955. The molecule has 2 aromatic carbocycles. The van der Waals surface area contributed by atoms with Gasteiger partial charge in [-0.15, -0.1) is 0 Å². The lowest BCUT2D eigenvalue weighted by Crippen LogP contribution is -2.31. The number of amides is 2. The molecule has 1 saturated heterocycles. The molecule has 26 heavy (non-hydrogen) atoms. The minimum absolute atomic E-state index is 0.230. The van der Waals surface area contributed by atoms with Crippen LogP contribution in [-0.2, 0) is 4.74 Å². The summed E-state index contributed by atoms with van der Waals surface area (Å²) < 4.78 is 16.3. The quantitative estimate of drug-likeness (QED) is 0.414. The number of hydrogen-bond acceptors (Lipinski definition) is 5. The predicted molar refractivity (Wildman–Crippen MR) is 93.6 cm³/mol. The first-order chi connectivity index (χ1) is 12.7. The van der Waals surface area contributed by atoms with Gasteiger partial charge in [0.2, 0.25) is 0 Å². The Hall–Kier alpha value is -2.86. The lowest BCUT2D eigenvalue weighted by atomic mass is 10.1. The number of benzene rings is 2. The highest BCUT2D eigenvalue weighted by atomic mass is 16.6. The maximum atomic E-state index is 12.3. The fraction of sp³-hybridized carbons (Fsp3) is 0.300. The number of hydrogen-bond donors (Lipinski definition) is 0. The Balaban J connectivity index is 1.23. The predicted octanol–water partition coefficient (Wildman–Crippen LogP) is 2.53. The summed E-state index contributed by atoms with van der Waals surface area (Å²) in [6.07, 6.45) is 0.802. The second-order valence-corrected chi connectivity index (χ2v) is 6.25. The molecule has 1 atom stereocenters. The summed E-state index contributed by atoms with van der Waals surface area (Å²) in [7, 11) is 0. The molecule has 134 valence electrons. The van der Waals surface area contributed by atoms with Gasteiger partial charge < -0.3 is 14.2 Å². The number of rotatable bonds is 8. The van der Waals surface area contributed by atoms with E-state index in [2.05, 4.69) is 0 Å². The summed E-state index contributed by atoms with van der Waals surface area (Å²) >= 11 is 0. The third kappa shape index (κ3) is 3.55. The van der Waals surface area contributed by atoms with E-state index in [-0.39, 0.29) is 17.9 Å². The Kier molecular flexibility index (Phi) is 4.58. The van der Waals surface area contributed by atoms with Crippen LogP contribution in [0.4, 0.5) is 0 Å². The van der Waals surface area contributed by atoms with Gasteiger partial charge in [-0.05, 0) is 42.8 Å². The zero-order chi connectivity index (χ0) is 17.9. The number of ether oxygens (including phenoxy) is 3. The van der Waals surface area contributed by atoms with Crippen molar-refractivity contribution in [2.75, 3.05) is 26.4 Å². The number of nitrogens with zero attached hydrogens (tertiary/aromatic N) is 1. The highest BCUT2D eigenvalue weighted by Crippen LogP contribution is 2.23. The van der Waals surface area contributed by atoms with Crippen molar-refractivity contribution in [2.45, 2.75) is 12.5 Å². The number of carbonyl (C=O) groups is 2. The third-order valence-corrected chi connectivity index (χ3v) is 4.33. The first kappa shape index (κ1) is 16.6. The Labute approximate surface area is 151 Å². The van der Waals surface area contributed by atoms with Gasteiger partial charge >= 0.3 is 0 Å². The molecule has 4 rings (SSSR count). The van der Waals surface area contributed by atoms with E-state index in [1.165, 1.54) is 4.90 Å². The van der Waals surface area contributed by atoms with Gasteiger partial charge in [0.1, 0.15) is 24.2 Å². The Morgan fingerprint density at radius 2 is 1.50 bits per heavy atom. The maximum absolute atomic E-state index is 12.3. The molecule has 2 aliphatic heterocycles. The topological polar surface area (TPSA) is 68.4 Å². The van der Waals surface area contributed by atoms with Gasteiger partial charge in [0.15, 0.2) is 0 Å². The average molecular weight is 353 g/mol. The monoisotopic (exact) mass is 353 g/mol. The first-order valence-corrected chi connectivity index (χ1v) is 8.65. The van der Waals surface area contributed by atoms with E-state index in [1.807, 2.05) is 24.3 Å². The van der Waals surface area contributed by atoms with Crippen LogP contribution in [-0.4, -0.2) is 49.2 Å². The molecule has 6 nitrogen and oxygen atoms in total. The Morgan fingerprint density at radius 1 is 0.923 bits per heavy atom. The second-order valence-electron chi connectivity index (χ2n) is 6.25. The van der Waals surface area contributed by atoms with Gasteiger partial charge in [-0.3, -0.25) is 14.5 Å². The van der Waals surface area contributed by atoms with Gasteiger partial charge in [0.25, 0.3) is 11.8 Å².